The molecule has 1 saturated carbocycles. The Hall–Kier alpha value is -3.60. The second-order valence-electron chi connectivity index (χ2n) is 7.49. The molecule has 1 heterocycles. The highest BCUT2D eigenvalue weighted by atomic mass is 35.5. The average Bonchev–Trinajstić information content (AvgIpc) is 3.54. The molecule has 0 radical (unpaired) electrons. The lowest BCUT2D eigenvalue weighted by Crippen LogP contribution is -2.08. The van der Waals surface area contributed by atoms with Crippen molar-refractivity contribution in [1.29, 1.82) is 0 Å². The number of carbonyl (C=O) groups excluding carboxylic acids is 1. The van der Waals surface area contributed by atoms with Crippen molar-refractivity contribution in [2.45, 2.75) is 24.9 Å². The van der Waals surface area contributed by atoms with Gasteiger partial charge in [-0.25, -0.2) is 4.68 Å². The van der Waals surface area contributed by atoms with Crippen molar-refractivity contribution in [3.63, 3.8) is 0 Å². The highest BCUT2D eigenvalue weighted by Crippen LogP contribution is 2.44. The number of benzene rings is 2. The number of aryl methyl sites for hydroxylation is 1. The van der Waals surface area contributed by atoms with E-state index in [0.29, 0.717) is 11.8 Å². The van der Waals surface area contributed by atoms with Gasteiger partial charge in [-0.2, -0.15) is 18.3 Å². The molecular formula is C21H15ClF3N3O5. The molecule has 1 aromatic heterocycles. The fraction of sp³-hybridized carbons (Fsp3) is 0.238. The van der Waals surface area contributed by atoms with Gasteiger partial charge in [0.15, 0.2) is 0 Å². The number of alkyl halides is 3. The van der Waals surface area contributed by atoms with Crippen molar-refractivity contribution < 1.29 is 32.7 Å². The molecule has 3 aromatic rings. The molecule has 0 aliphatic heterocycles. The third kappa shape index (κ3) is 4.36. The Labute approximate surface area is 189 Å². The van der Waals surface area contributed by atoms with Crippen molar-refractivity contribution in [2.75, 3.05) is 0 Å². The molecule has 1 aliphatic carbocycles. The van der Waals surface area contributed by atoms with Crippen molar-refractivity contribution in [1.82, 2.24) is 9.78 Å². The van der Waals surface area contributed by atoms with Gasteiger partial charge in [0.1, 0.15) is 22.6 Å². The fourth-order valence-corrected chi connectivity index (χ4v) is 3.56. The summed E-state index contributed by atoms with van der Waals surface area (Å²) in [6, 6.07) is 5.76. The molecule has 0 amide bonds. The van der Waals surface area contributed by atoms with Crippen molar-refractivity contribution >= 4 is 23.1 Å². The van der Waals surface area contributed by atoms with E-state index in [1.54, 1.807) is 0 Å². The maximum Gasteiger partial charge on any atom is 0.416 e. The number of halogens is 4. The maximum atomic E-state index is 13.3. The number of nitro groups is 1. The second-order valence-corrected chi connectivity index (χ2v) is 7.90. The van der Waals surface area contributed by atoms with Crippen LogP contribution in [0.5, 0.6) is 17.4 Å². The first-order valence-corrected chi connectivity index (χ1v) is 9.98. The number of aromatic hydroxyl groups is 1. The second kappa shape index (κ2) is 8.07. The van der Waals surface area contributed by atoms with Gasteiger partial charge in [0, 0.05) is 19.0 Å². The summed E-state index contributed by atoms with van der Waals surface area (Å²) in [5.41, 5.74) is -1.65. The minimum atomic E-state index is -4.60. The highest BCUT2D eigenvalue weighted by molar-refractivity contribution is 6.32. The molecule has 0 spiro atoms. The highest BCUT2D eigenvalue weighted by Gasteiger charge is 2.36. The number of nitro benzene ring substituents is 1. The van der Waals surface area contributed by atoms with E-state index >= 15 is 0 Å². The summed E-state index contributed by atoms with van der Waals surface area (Å²) in [5, 5.41) is 25.7. The molecule has 1 N–H and O–H groups in total. The Morgan fingerprint density at radius 2 is 1.97 bits per heavy atom. The Bertz CT molecular complexity index is 1280. The summed E-state index contributed by atoms with van der Waals surface area (Å²) in [6.45, 7) is 0. The zero-order valence-electron chi connectivity index (χ0n) is 16.9. The van der Waals surface area contributed by atoms with Crippen LogP contribution in [-0.4, -0.2) is 25.6 Å². The van der Waals surface area contributed by atoms with Crippen LogP contribution in [0.2, 0.25) is 5.02 Å². The summed E-state index contributed by atoms with van der Waals surface area (Å²) in [7, 11) is 1.44. The summed E-state index contributed by atoms with van der Waals surface area (Å²) < 4.78 is 45.2. The summed E-state index contributed by atoms with van der Waals surface area (Å²) >= 11 is 5.91. The van der Waals surface area contributed by atoms with E-state index in [1.807, 2.05) is 0 Å². The Morgan fingerprint density at radius 3 is 2.55 bits per heavy atom. The standard InChI is InChI=1S/C21H15ClF3N3O5/c1-27-20(30)17(18(26-27)10-2-3-10)19(29)13-9-12(5-6-15(13)28(31)32)33-16-7-4-11(8-14(16)22)21(23,24)25/h4-10,30H,2-3H2,1H3. The molecule has 2 aromatic carbocycles. The number of rotatable bonds is 6. The van der Waals surface area contributed by atoms with Gasteiger partial charge >= 0.3 is 6.18 Å². The monoisotopic (exact) mass is 481 g/mol. The van der Waals surface area contributed by atoms with Crippen LogP contribution < -0.4 is 4.74 Å². The molecule has 0 unspecified atom stereocenters. The first kappa shape index (κ1) is 22.6. The smallest absolute Gasteiger partial charge is 0.416 e. The molecule has 33 heavy (non-hydrogen) atoms. The third-order valence-corrected chi connectivity index (χ3v) is 5.43. The number of nitrogens with zero attached hydrogens (tertiary/aromatic N) is 3. The lowest BCUT2D eigenvalue weighted by molar-refractivity contribution is -0.385. The van der Waals surface area contributed by atoms with Crippen molar-refractivity contribution in [2.24, 2.45) is 7.05 Å². The number of ether oxygens (including phenoxy) is 1. The van der Waals surface area contributed by atoms with Gasteiger partial charge < -0.3 is 9.84 Å². The molecule has 12 heteroatoms. The van der Waals surface area contributed by atoms with E-state index in [1.165, 1.54) is 13.1 Å². The summed E-state index contributed by atoms with van der Waals surface area (Å²) in [6.07, 6.45) is -3.05. The molecule has 8 nitrogen and oxygen atoms in total. The van der Waals surface area contributed by atoms with Gasteiger partial charge in [-0.15, -0.1) is 0 Å². The average molecular weight is 482 g/mol. The quantitative estimate of drug-likeness (QED) is 0.279. The minimum absolute atomic E-state index is 0.0273. The zero-order valence-corrected chi connectivity index (χ0v) is 17.6. The van der Waals surface area contributed by atoms with Crippen LogP contribution >= 0.6 is 11.6 Å². The van der Waals surface area contributed by atoms with Gasteiger partial charge in [0.05, 0.1) is 21.2 Å². The van der Waals surface area contributed by atoms with Gasteiger partial charge in [-0.3, -0.25) is 14.9 Å². The minimum Gasteiger partial charge on any atom is -0.493 e. The Morgan fingerprint density at radius 1 is 1.27 bits per heavy atom. The van der Waals surface area contributed by atoms with Crippen LogP contribution in [0.1, 0.15) is 45.9 Å². The predicted octanol–water partition coefficient (Wildman–Crippen LogP) is 5.61. The Kier molecular flexibility index (Phi) is 5.52. The van der Waals surface area contributed by atoms with Gasteiger partial charge in [-0.1, -0.05) is 11.6 Å². The van der Waals surface area contributed by atoms with Crippen LogP contribution in [0.4, 0.5) is 18.9 Å². The predicted molar refractivity (Wildman–Crippen MR) is 110 cm³/mol. The Balaban J connectivity index is 1.73. The third-order valence-electron chi connectivity index (χ3n) is 5.13. The first-order chi connectivity index (χ1) is 15.5. The largest absolute Gasteiger partial charge is 0.493 e. The van der Waals surface area contributed by atoms with E-state index < -0.39 is 34.0 Å². The van der Waals surface area contributed by atoms with Gasteiger partial charge in [0.25, 0.3) is 5.69 Å². The lowest BCUT2D eigenvalue weighted by Gasteiger charge is -2.12. The molecule has 4 rings (SSSR count). The van der Waals surface area contributed by atoms with Crippen molar-refractivity contribution in [3.05, 3.63) is 73.9 Å². The van der Waals surface area contributed by atoms with E-state index in [2.05, 4.69) is 5.10 Å². The SMILES string of the molecule is Cn1nc(C2CC2)c(C(=O)c2cc(Oc3ccc(C(F)(F)F)cc3Cl)ccc2[N+](=O)[O-])c1O. The summed E-state index contributed by atoms with van der Waals surface area (Å²) in [4.78, 5) is 24.0. The van der Waals surface area contributed by atoms with E-state index in [4.69, 9.17) is 16.3 Å². The molecule has 0 atom stereocenters. The maximum absolute atomic E-state index is 13.3. The number of carbonyl (C=O) groups is 1. The van der Waals surface area contributed by atoms with Gasteiger partial charge in [0.2, 0.25) is 11.7 Å². The van der Waals surface area contributed by atoms with Crippen LogP contribution in [0.15, 0.2) is 36.4 Å². The molecule has 172 valence electrons. The molecule has 0 bridgehead atoms. The van der Waals surface area contributed by atoms with Crippen LogP contribution in [0.25, 0.3) is 0 Å². The molecular weight excluding hydrogens is 467 g/mol. The van der Waals surface area contributed by atoms with E-state index in [9.17, 15) is 33.2 Å². The normalized spacial score (nSPS) is 13.7. The van der Waals surface area contributed by atoms with Crippen LogP contribution in [0, 0.1) is 10.1 Å². The van der Waals surface area contributed by atoms with E-state index in [-0.39, 0.29) is 33.6 Å². The van der Waals surface area contributed by atoms with Crippen molar-refractivity contribution in [3.8, 4) is 17.4 Å². The van der Waals surface area contributed by atoms with Crippen LogP contribution in [0.3, 0.4) is 0 Å². The topological polar surface area (TPSA) is 107 Å². The zero-order chi connectivity index (χ0) is 24.1. The number of hydrogen-bond acceptors (Lipinski definition) is 6. The fourth-order valence-electron chi connectivity index (χ4n) is 3.34. The first-order valence-electron chi connectivity index (χ1n) is 9.61. The number of aromatic nitrogens is 2. The lowest BCUT2D eigenvalue weighted by atomic mass is 9.99. The molecule has 0 saturated heterocycles. The summed E-state index contributed by atoms with van der Waals surface area (Å²) in [5.74, 6) is -1.48. The number of hydrogen-bond donors (Lipinski definition) is 1. The van der Waals surface area contributed by atoms with E-state index in [0.717, 1.165) is 41.8 Å². The van der Waals surface area contributed by atoms with Crippen LogP contribution in [-0.2, 0) is 13.2 Å². The molecule has 1 fully saturated rings. The molecule has 1 aliphatic rings. The number of ketones is 1. The van der Waals surface area contributed by atoms with Gasteiger partial charge in [-0.05, 0) is 43.2 Å².